The van der Waals surface area contributed by atoms with Gasteiger partial charge in [-0.1, -0.05) is 11.6 Å². The standard InChI is InChI=1S/C16H22N2O4/c1-10-11(16(20)21)7-5-9-18(10)15(19)14-12-6-3-2-4-8-13(12)22-17-14/h10-11H,2-9H2,1H3,(H,20,21)/t10-,11-/m1/s1. The first kappa shape index (κ1) is 15.1. The second kappa shape index (κ2) is 6.10. The highest BCUT2D eigenvalue weighted by Crippen LogP contribution is 2.28. The van der Waals surface area contributed by atoms with E-state index in [0.29, 0.717) is 25.1 Å². The van der Waals surface area contributed by atoms with Crippen LogP contribution in [0.5, 0.6) is 0 Å². The van der Waals surface area contributed by atoms with Crippen LogP contribution in [0, 0.1) is 5.92 Å². The maximum absolute atomic E-state index is 12.8. The Balaban J connectivity index is 1.84. The van der Waals surface area contributed by atoms with Crippen molar-refractivity contribution in [2.45, 2.75) is 57.9 Å². The van der Waals surface area contributed by atoms with Crippen molar-refractivity contribution in [1.82, 2.24) is 10.1 Å². The molecule has 0 aromatic carbocycles. The average Bonchev–Trinajstić information content (AvgIpc) is 2.75. The summed E-state index contributed by atoms with van der Waals surface area (Å²) in [5.74, 6) is -0.669. The fourth-order valence-electron chi connectivity index (χ4n) is 3.63. The number of carboxylic acid groups (broad SMARTS) is 1. The van der Waals surface area contributed by atoms with Crippen molar-refractivity contribution < 1.29 is 19.2 Å². The average molecular weight is 306 g/mol. The zero-order chi connectivity index (χ0) is 15.7. The van der Waals surface area contributed by atoms with Crippen LogP contribution in [0.15, 0.2) is 4.52 Å². The van der Waals surface area contributed by atoms with Gasteiger partial charge in [-0.25, -0.2) is 0 Å². The first-order chi connectivity index (χ1) is 10.6. The van der Waals surface area contributed by atoms with Crippen molar-refractivity contribution in [2.75, 3.05) is 6.54 Å². The summed E-state index contributed by atoms with van der Waals surface area (Å²) < 4.78 is 5.37. The minimum absolute atomic E-state index is 0.176. The number of rotatable bonds is 2. The topological polar surface area (TPSA) is 83.6 Å². The molecule has 0 spiro atoms. The summed E-state index contributed by atoms with van der Waals surface area (Å²) in [4.78, 5) is 25.8. The van der Waals surface area contributed by atoms with E-state index in [0.717, 1.165) is 43.4 Å². The van der Waals surface area contributed by atoms with Crippen LogP contribution in [0.3, 0.4) is 0 Å². The lowest BCUT2D eigenvalue weighted by molar-refractivity contribution is -0.144. The van der Waals surface area contributed by atoms with E-state index in [4.69, 9.17) is 4.52 Å². The number of aromatic nitrogens is 1. The van der Waals surface area contributed by atoms with Crippen LogP contribution in [0.2, 0.25) is 0 Å². The molecule has 6 heteroatoms. The van der Waals surface area contributed by atoms with Gasteiger partial charge in [-0.05, 0) is 39.0 Å². The van der Waals surface area contributed by atoms with E-state index < -0.39 is 11.9 Å². The monoisotopic (exact) mass is 306 g/mol. The summed E-state index contributed by atoms with van der Waals surface area (Å²) in [6.07, 6.45) is 6.25. The van der Waals surface area contributed by atoms with E-state index in [9.17, 15) is 14.7 Å². The van der Waals surface area contributed by atoms with Gasteiger partial charge in [0.25, 0.3) is 5.91 Å². The Morgan fingerprint density at radius 1 is 1.23 bits per heavy atom. The molecular weight excluding hydrogens is 284 g/mol. The van der Waals surface area contributed by atoms with E-state index in [1.807, 2.05) is 6.92 Å². The van der Waals surface area contributed by atoms with Crippen LogP contribution in [-0.4, -0.2) is 39.6 Å². The second-order valence-corrected chi connectivity index (χ2v) is 6.32. The molecule has 22 heavy (non-hydrogen) atoms. The molecule has 6 nitrogen and oxygen atoms in total. The molecule has 0 unspecified atom stereocenters. The van der Waals surface area contributed by atoms with Gasteiger partial charge in [0.2, 0.25) is 0 Å². The lowest BCUT2D eigenvalue weighted by Gasteiger charge is -2.37. The number of likely N-dealkylation sites (tertiary alicyclic amines) is 1. The van der Waals surface area contributed by atoms with Crippen molar-refractivity contribution in [2.24, 2.45) is 5.92 Å². The Morgan fingerprint density at radius 2 is 2.00 bits per heavy atom. The number of hydrogen-bond acceptors (Lipinski definition) is 4. The predicted molar refractivity (Wildman–Crippen MR) is 78.6 cm³/mol. The first-order valence-electron chi connectivity index (χ1n) is 8.10. The zero-order valence-electron chi connectivity index (χ0n) is 12.9. The number of carboxylic acids is 1. The van der Waals surface area contributed by atoms with E-state index in [1.54, 1.807) is 4.90 Å². The normalized spacial score (nSPS) is 25.4. The highest BCUT2D eigenvalue weighted by Gasteiger charge is 2.37. The number of aryl methyl sites for hydroxylation is 1. The van der Waals surface area contributed by atoms with Gasteiger partial charge in [0.15, 0.2) is 5.69 Å². The fourth-order valence-corrected chi connectivity index (χ4v) is 3.63. The number of carbonyl (C=O) groups is 2. The highest BCUT2D eigenvalue weighted by molar-refractivity contribution is 5.94. The fraction of sp³-hybridized carbons (Fsp3) is 0.688. The molecule has 0 radical (unpaired) electrons. The SMILES string of the molecule is C[C@@H]1[C@H](C(=O)O)CCCN1C(=O)c1noc2c1CCCCC2. The quantitative estimate of drug-likeness (QED) is 0.847. The third kappa shape index (κ3) is 2.62. The largest absolute Gasteiger partial charge is 0.481 e. The molecule has 2 aliphatic rings. The van der Waals surface area contributed by atoms with E-state index in [1.165, 1.54) is 0 Å². The summed E-state index contributed by atoms with van der Waals surface area (Å²) in [5.41, 5.74) is 1.34. The molecule has 1 fully saturated rings. The molecule has 1 amide bonds. The minimum atomic E-state index is -0.830. The van der Waals surface area contributed by atoms with Gasteiger partial charge >= 0.3 is 5.97 Å². The van der Waals surface area contributed by atoms with Gasteiger partial charge < -0.3 is 14.5 Å². The molecule has 0 saturated carbocycles. The molecule has 1 saturated heterocycles. The highest BCUT2D eigenvalue weighted by atomic mass is 16.5. The molecule has 2 heterocycles. The van der Waals surface area contributed by atoms with Crippen molar-refractivity contribution in [3.05, 3.63) is 17.0 Å². The second-order valence-electron chi connectivity index (χ2n) is 6.32. The number of aliphatic carboxylic acids is 1. The third-order valence-corrected chi connectivity index (χ3v) is 4.97. The minimum Gasteiger partial charge on any atom is -0.481 e. The van der Waals surface area contributed by atoms with Crippen LogP contribution >= 0.6 is 0 Å². The van der Waals surface area contributed by atoms with Crippen LogP contribution in [0.25, 0.3) is 0 Å². The van der Waals surface area contributed by atoms with Gasteiger partial charge in [-0.2, -0.15) is 0 Å². The summed E-state index contributed by atoms with van der Waals surface area (Å²) in [6, 6.07) is -0.308. The van der Waals surface area contributed by atoms with Crippen molar-refractivity contribution in [3.8, 4) is 0 Å². The molecule has 120 valence electrons. The van der Waals surface area contributed by atoms with Crippen LogP contribution < -0.4 is 0 Å². The van der Waals surface area contributed by atoms with Crippen molar-refractivity contribution >= 4 is 11.9 Å². The Kier molecular flexibility index (Phi) is 4.18. The Hall–Kier alpha value is -1.85. The summed E-state index contributed by atoms with van der Waals surface area (Å²) in [5, 5.41) is 13.3. The number of carbonyl (C=O) groups excluding carboxylic acids is 1. The molecule has 1 aliphatic heterocycles. The van der Waals surface area contributed by atoms with Crippen LogP contribution in [0.1, 0.15) is 60.8 Å². The van der Waals surface area contributed by atoms with Crippen molar-refractivity contribution in [1.29, 1.82) is 0 Å². The predicted octanol–water partition coefficient (Wildman–Crippen LogP) is 2.27. The van der Waals surface area contributed by atoms with Gasteiger partial charge in [-0.3, -0.25) is 9.59 Å². The lowest BCUT2D eigenvalue weighted by atomic mass is 9.90. The number of hydrogen-bond donors (Lipinski definition) is 1. The Bertz CT molecular complexity index is 581. The molecule has 2 atom stereocenters. The van der Waals surface area contributed by atoms with E-state index >= 15 is 0 Å². The van der Waals surface area contributed by atoms with Gasteiger partial charge in [0.05, 0.1) is 5.92 Å². The van der Waals surface area contributed by atoms with Crippen LogP contribution in [-0.2, 0) is 17.6 Å². The Labute approximate surface area is 129 Å². The van der Waals surface area contributed by atoms with E-state index in [-0.39, 0.29) is 11.9 Å². The molecule has 0 bridgehead atoms. The maximum Gasteiger partial charge on any atom is 0.308 e. The van der Waals surface area contributed by atoms with Gasteiger partial charge in [-0.15, -0.1) is 0 Å². The number of fused-ring (bicyclic) bond motifs is 1. The zero-order valence-corrected chi connectivity index (χ0v) is 12.9. The van der Waals surface area contributed by atoms with Gasteiger partial charge in [0.1, 0.15) is 5.76 Å². The number of amides is 1. The Morgan fingerprint density at radius 3 is 2.77 bits per heavy atom. The summed E-state index contributed by atoms with van der Waals surface area (Å²) in [6.45, 7) is 2.40. The molecule has 1 aromatic rings. The first-order valence-corrected chi connectivity index (χ1v) is 8.10. The van der Waals surface area contributed by atoms with Crippen molar-refractivity contribution in [3.63, 3.8) is 0 Å². The molecule has 1 aromatic heterocycles. The van der Waals surface area contributed by atoms with Gasteiger partial charge in [0, 0.05) is 24.6 Å². The lowest BCUT2D eigenvalue weighted by Crippen LogP contribution is -2.49. The molecule has 1 N–H and O–H groups in total. The summed E-state index contributed by atoms with van der Waals surface area (Å²) >= 11 is 0. The molecule has 1 aliphatic carbocycles. The molecular formula is C16H22N2O4. The smallest absolute Gasteiger partial charge is 0.308 e. The number of piperidine rings is 1. The maximum atomic E-state index is 12.8. The summed E-state index contributed by atoms with van der Waals surface area (Å²) in [7, 11) is 0. The van der Waals surface area contributed by atoms with E-state index in [2.05, 4.69) is 5.16 Å². The molecule has 3 rings (SSSR count). The number of nitrogens with zero attached hydrogens (tertiary/aromatic N) is 2. The van der Waals surface area contributed by atoms with Crippen LogP contribution in [0.4, 0.5) is 0 Å². The third-order valence-electron chi connectivity index (χ3n) is 4.97.